The summed E-state index contributed by atoms with van der Waals surface area (Å²) in [5.41, 5.74) is 5.31. The number of sulfonamides is 1. The summed E-state index contributed by atoms with van der Waals surface area (Å²) in [6.07, 6.45) is 2.54. The molecule has 4 nitrogen and oxygen atoms in total. The maximum atomic E-state index is 13.8. The Hall–Kier alpha value is -1.21. The number of nitrogen functional groups attached to an aromatic ring is 1. The molecule has 1 saturated heterocycles. The van der Waals surface area contributed by atoms with Gasteiger partial charge in [-0.3, -0.25) is 0 Å². The molecule has 1 unspecified atom stereocenters. The molecule has 112 valence electrons. The van der Waals surface area contributed by atoms with Crippen LogP contribution in [0.25, 0.3) is 0 Å². The molecule has 2 N–H and O–H groups in total. The molecule has 0 aliphatic carbocycles. The third-order valence-electron chi connectivity index (χ3n) is 3.69. The maximum Gasteiger partial charge on any atom is 0.246 e. The topological polar surface area (TPSA) is 63.4 Å². The van der Waals surface area contributed by atoms with Crippen LogP contribution in [0.4, 0.5) is 14.5 Å². The summed E-state index contributed by atoms with van der Waals surface area (Å²) in [6, 6.07) is 1.75. The van der Waals surface area contributed by atoms with Crippen LogP contribution in [0.2, 0.25) is 0 Å². The number of hydrogen-bond acceptors (Lipinski definition) is 3. The molecule has 0 spiro atoms. The van der Waals surface area contributed by atoms with Gasteiger partial charge in [0, 0.05) is 18.8 Å². The third kappa shape index (κ3) is 2.78. The molecule has 1 fully saturated rings. The van der Waals surface area contributed by atoms with E-state index in [-0.39, 0.29) is 11.6 Å². The van der Waals surface area contributed by atoms with E-state index >= 15 is 0 Å². The largest absolute Gasteiger partial charge is 0.399 e. The Labute approximate surface area is 117 Å². The summed E-state index contributed by atoms with van der Waals surface area (Å²) >= 11 is 0. The Kier molecular flexibility index (Phi) is 4.29. The van der Waals surface area contributed by atoms with Crippen molar-refractivity contribution in [2.75, 3.05) is 18.8 Å². The Morgan fingerprint density at radius 2 is 2.10 bits per heavy atom. The lowest BCUT2D eigenvalue weighted by atomic mass is 9.97. The van der Waals surface area contributed by atoms with E-state index < -0.39 is 26.6 Å². The lowest BCUT2D eigenvalue weighted by Crippen LogP contribution is -2.40. The summed E-state index contributed by atoms with van der Waals surface area (Å²) in [6.45, 7) is 2.66. The monoisotopic (exact) mass is 304 g/mol. The fourth-order valence-electron chi connectivity index (χ4n) is 2.49. The van der Waals surface area contributed by atoms with E-state index in [0.717, 1.165) is 31.4 Å². The fraction of sp³-hybridized carbons (Fsp3) is 0.538. The average Bonchev–Trinajstić information content (AvgIpc) is 2.42. The quantitative estimate of drug-likeness (QED) is 0.872. The molecule has 0 bridgehead atoms. The lowest BCUT2D eigenvalue weighted by Gasteiger charge is -2.31. The minimum absolute atomic E-state index is 0.105. The zero-order valence-electron chi connectivity index (χ0n) is 11.3. The van der Waals surface area contributed by atoms with Crippen LogP contribution < -0.4 is 5.73 Å². The van der Waals surface area contributed by atoms with Crippen molar-refractivity contribution in [1.29, 1.82) is 0 Å². The van der Waals surface area contributed by atoms with Crippen LogP contribution >= 0.6 is 0 Å². The molecule has 1 aliphatic rings. The van der Waals surface area contributed by atoms with Crippen LogP contribution in [0.1, 0.15) is 26.2 Å². The molecule has 7 heteroatoms. The van der Waals surface area contributed by atoms with E-state index in [4.69, 9.17) is 5.73 Å². The van der Waals surface area contributed by atoms with E-state index in [0.29, 0.717) is 13.1 Å². The van der Waals surface area contributed by atoms with Crippen molar-refractivity contribution >= 4 is 15.7 Å². The van der Waals surface area contributed by atoms with Gasteiger partial charge in [0.25, 0.3) is 0 Å². The van der Waals surface area contributed by atoms with Crippen molar-refractivity contribution in [2.45, 2.75) is 31.1 Å². The van der Waals surface area contributed by atoms with Gasteiger partial charge in [-0.1, -0.05) is 13.3 Å². The fourth-order valence-corrected chi connectivity index (χ4v) is 4.15. The molecule has 1 aliphatic heterocycles. The molecule has 0 amide bonds. The SMILES string of the molecule is CCC1CCCN(S(=O)(=O)c2cc(N)cc(F)c2F)C1. The predicted octanol–water partition coefficient (Wildman–Crippen LogP) is 2.36. The molecular weight excluding hydrogens is 286 g/mol. The second-order valence-electron chi connectivity index (χ2n) is 5.09. The Bertz CT molecular complexity index is 605. The number of halogens is 2. The first-order valence-electron chi connectivity index (χ1n) is 6.61. The second-order valence-corrected chi connectivity index (χ2v) is 7.00. The molecule has 1 aromatic carbocycles. The third-order valence-corrected chi connectivity index (χ3v) is 5.56. The number of rotatable bonds is 3. The number of piperidine rings is 1. The van der Waals surface area contributed by atoms with Gasteiger partial charge in [0.15, 0.2) is 11.6 Å². The molecule has 0 radical (unpaired) electrons. The zero-order chi connectivity index (χ0) is 14.9. The number of nitrogens with two attached hydrogens (primary N) is 1. The highest BCUT2D eigenvalue weighted by Gasteiger charge is 2.32. The van der Waals surface area contributed by atoms with Gasteiger partial charge in [0.2, 0.25) is 10.0 Å². The Morgan fingerprint density at radius 1 is 1.40 bits per heavy atom. The first kappa shape index (κ1) is 15.2. The standard InChI is InChI=1S/C13H18F2N2O2S/c1-2-9-4-3-5-17(8-9)20(18,19)12-7-10(16)6-11(14)13(12)15/h6-7,9H,2-5,8,16H2,1H3. The van der Waals surface area contributed by atoms with Gasteiger partial charge in [-0.15, -0.1) is 0 Å². The zero-order valence-corrected chi connectivity index (χ0v) is 12.1. The minimum atomic E-state index is -4.04. The first-order valence-corrected chi connectivity index (χ1v) is 8.05. The van der Waals surface area contributed by atoms with E-state index in [1.807, 2.05) is 6.92 Å². The van der Waals surface area contributed by atoms with Crippen molar-refractivity contribution < 1.29 is 17.2 Å². The number of nitrogens with zero attached hydrogens (tertiary/aromatic N) is 1. The molecular formula is C13H18F2N2O2S. The van der Waals surface area contributed by atoms with Gasteiger partial charge in [-0.05, 0) is 30.9 Å². The summed E-state index contributed by atoms with van der Waals surface area (Å²) in [5.74, 6) is -2.35. The summed E-state index contributed by atoms with van der Waals surface area (Å²) < 4.78 is 53.2. The molecule has 1 aromatic rings. The van der Waals surface area contributed by atoms with Gasteiger partial charge >= 0.3 is 0 Å². The van der Waals surface area contributed by atoms with Crippen molar-refractivity contribution in [2.24, 2.45) is 5.92 Å². The molecule has 0 aromatic heterocycles. The molecule has 0 saturated carbocycles. The van der Waals surface area contributed by atoms with Crippen LogP contribution in [0, 0.1) is 17.6 Å². The van der Waals surface area contributed by atoms with E-state index in [9.17, 15) is 17.2 Å². The Morgan fingerprint density at radius 3 is 2.75 bits per heavy atom. The highest BCUT2D eigenvalue weighted by molar-refractivity contribution is 7.89. The van der Waals surface area contributed by atoms with Gasteiger partial charge in [-0.2, -0.15) is 4.31 Å². The lowest BCUT2D eigenvalue weighted by molar-refractivity contribution is 0.260. The second kappa shape index (κ2) is 5.65. The smallest absolute Gasteiger partial charge is 0.246 e. The van der Waals surface area contributed by atoms with Crippen LogP contribution in [-0.2, 0) is 10.0 Å². The van der Waals surface area contributed by atoms with Gasteiger partial charge in [-0.25, -0.2) is 17.2 Å². The van der Waals surface area contributed by atoms with Gasteiger partial charge < -0.3 is 5.73 Å². The first-order chi connectivity index (χ1) is 9.36. The van der Waals surface area contributed by atoms with Crippen molar-refractivity contribution in [3.8, 4) is 0 Å². The van der Waals surface area contributed by atoms with Crippen LogP contribution in [-0.4, -0.2) is 25.8 Å². The number of benzene rings is 1. The highest BCUT2D eigenvalue weighted by atomic mass is 32.2. The van der Waals surface area contributed by atoms with Crippen LogP contribution in [0.15, 0.2) is 17.0 Å². The Balaban J connectivity index is 2.40. The minimum Gasteiger partial charge on any atom is -0.399 e. The molecule has 1 heterocycles. The van der Waals surface area contributed by atoms with Crippen molar-refractivity contribution in [3.05, 3.63) is 23.8 Å². The molecule has 2 rings (SSSR count). The summed E-state index contributed by atoms with van der Waals surface area (Å²) in [4.78, 5) is -0.674. The average molecular weight is 304 g/mol. The summed E-state index contributed by atoms with van der Waals surface area (Å²) in [5, 5.41) is 0. The van der Waals surface area contributed by atoms with Crippen LogP contribution in [0.3, 0.4) is 0 Å². The van der Waals surface area contributed by atoms with Crippen molar-refractivity contribution in [3.63, 3.8) is 0 Å². The number of anilines is 1. The van der Waals surface area contributed by atoms with E-state index in [1.54, 1.807) is 0 Å². The van der Waals surface area contributed by atoms with Gasteiger partial charge in [0.1, 0.15) is 4.90 Å². The van der Waals surface area contributed by atoms with Crippen LogP contribution in [0.5, 0.6) is 0 Å². The highest BCUT2D eigenvalue weighted by Crippen LogP contribution is 2.28. The normalized spacial score (nSPS) is 21.1. The van der Waals surface area contributed by atoms with E-state index in [1.165, 1.54) is 4.31 Å². The van der Waals surface area contributed by atoms with Gasteiger partial charge in [0.05, 0.1) is 0 Å². The summed E-state index contributed by atoms with van der Waals surface area (Å²) in [7, 11) is -4.04. The predicted molar refractivity (Wildman–Crippen MR) is 72.5 cm³/mol. The van der Waals surface area contributed by atoms with Crippen molar-refractivity contribution in [1.82, 2.24) is 4.31 Å². The number of hydrogen-bond donors (Lipinski definition) is 1. The maximum absolute atomic E-state index is 13.8. The molecule has 20 heavy (non-hydrogen) atoms. The molecule has 1 atom stereocenters. The van der Waals surface area contributed by atoms with E-state index in [2.05, 4.69) is 0 Å².